The Balaban J connectivity index is 1.95. The van der Waals surface area contributed by atoms with E-state index in [9.17, 15) is 4.39 Å². The van der Waals surface area contributed by atoms with E-state index in [1.54, 1.807) is 6.20 Å². The van der Waals surface area contributed by atoms with E-state index in [0.29, 0.717) is 0 Å². The molecule has 1 aliphatic rings. The molecule has 0 aromatic carbocycles. The zero-order valence-electron chi connectivity index (χ0n) is 11.5. The highest BCUT2D eigenvalue weighted by Crippen LogP contribution is 2.15. The normalized spacial score (nSPS) is 18.3. The molecule has 5 nitrogen and oxygen atoms in total. The highest BCUT2D eigenvalue weighted by Gasteiger charge is 2.14. The van der Waals surface area contributed by atoms with E-state index in [1.165, 1.54) is 13.2 Å². The molecule has 1 aromatic heterocycles. The van der Waals surface area contributed by atoms with Gasteiger partial charge in [0.15, 0.2) is 5.82 Å². The van der Waals surface area contributed by atoms with Crippen molar-refractivity contribution in [1.82, 2.24) is 20.3 Å². The SMILES string of the molecule is CNN1CCCN(Cc2cnc(OC)c(F)c2)CC1. The molecule has 0 radical (unpaired) electrons. The van der Waals surface area contributed by atoms with Crippen molar-refractivity contribution in [3.63, 3.8) is 0 Å². The van der Waals surface area contributed by atoms with Crippen molar-refractivity contribution in [1.29, 1.82) is 0 Å². The number of methoxy groups -OCH3 is 1. The van der Waals surface area contributed by atoms with Crippen LogP contribution in [0.2, 0.25) is 0 Å². The lowest BCUT2D eigenvalue weighted by atomic mass is 10.2. The van der Waals surface area contributed by atoms with Crippen molar-refractivity contribution >= 4 is 0 Å². The Hall–Kier alpha value is -1.24. The van der Waals surface area contributed by atoms with Crippen LogP contribution in [0.3, 0.4) is 0 Å². The number of halogens is 1. The van der Waals surface area contributed by atoms with Gasteiger partial charge >= 0.3 is 0 Å². The van der Waals surface area contributed by atoms with Gasteiger partial charge in [0, 0.05) is 32.4 Å². The molecule has 106 valence electrons. The molecule has 1 aromatic rings. The Morgan fingerprint density at radius 2 is 2.21 bits per heavy atom. The molecule has 0 atom stereocenters. The number of rotatable bonds is 4. The van der Waals surface area contributed by atoms with Crippen molar-refractivity contribution in [2.75, 3.05) is 40.3 Å². The third-order valence-electron chi connectivity index (χ3n) is 3.37. The molecule has 19 heavy (non-hydrogen) atoms. The van der Waals surface area contributed by atoms with Crippen molar-refractivity contribution in [2.24, 2.45) is 0 Å². The molecule has 0 unspecified atom stereocenters. The zero-order valence-corrected chi connectivity index (χ0v) is 11.5. The predicted octanol–water partition coefficient (Wildman–Crippen LogP) is 0.871. The lowest BCUT2D eigenvalue weighted by Gasteiger charge is -2.21. The maximum absolute atomic E-state index is 13.6. The molecule has 0 spiro atoms. The molecular formula is C13H21FN4O. The van der Waals surface area contributed by atoms with E-state index in [0.717, 1.165) is 44.7 Å². The van der Waals surface area contributed by atoms with E-state index in [1.807, 2.05) is 7.05 Å². The first-order valence-electron chi connectivity index (χ1n) is 6.56. The molecule has 6 heteroatoms. The Labute approximate surface area is 113 Å². The minimum Gasteiger partial charge on any atom is -0.479 e. The van der Waals surface area contributed by atoms with E-state index in [4.69, 9.17) is 4.74 Å². The van der Waals surface area contributed by atoms with Crippen LogP contribution < -0.4 is 10.2 Å². The van der Waals surface area contributed by atoms with Crippen LogP contribution in [0.25, 0.3) is 0 Å². The van der Waals surface area contributed by atoms with Crippen molar-refractivity contribution in [3.05, 3.63) is 23.6 Å². The summed E-state index contributed by atoms with van der Waals surface area (Å²) in [5.74, 6) is -0.340. The van der Waals surface area contributed by atoms with Gasteiger partial charge in [0.05, 0.1) is 7.11 Å². The Kier molecular flexibility index (Phi) is 5.07. The van der Waals surface area contributed by atoms with Crippen molar-refractivity contribution < 1.29 is 9.13 Å². The zero-order chi connectivity index (χ0) is 13.7. The van der Waals surface area contributed by atoms with Crippen LogP contribution in [-0.2, 0) is 6.54 Å². The molecule has 1 N–H and O–H groups in total. The first kappa shape index (κ1) is 14.2. The summed E-state index contributed by atoms with van der Waals surface area (Å²) in [4.78, 5) is 6.29. The topological polar surface area (TPSA) is 40.6 Å². The van der Waals surface area contributed by atoms with Crippen LogP contribution in [0.15, 0.2) is 12.3 Å². The van der Waals surface area contributed by atoms with Gasteiger partial charge in [-0.1, -0.05) is 0 Å². The lowest BCUT2D eigenvalue weighted by Crippen LogP contribution is -2.38. The number of pyridine rings is 1. The highest BCUT2D eigenvalue weighted by atomic mass is 19.1. The molecule has 2 rings (SSSR count). The number of hydrazine groups is 1. The Bertz CT molecular complexity index is 416. The van der Waals surface area contributed by atoms with E-state index >= 15 is 0 Å². The van der Waals surface area contributed by atoms with Crippen LogP contribution >= 0.6 is 0 Å². The minimum atomic E-state index is -0.397. The number of ether oxygens (including phenoxy) is 1. The third kappa shape index (κ3) is 3.86. The summed E-state index contributed by atoms with van der Waals surface area (Å²) in [7, 11) is 3.37. The number of aromatic nitrogens is 1. The summed E-state index contributed by atoms with van der Waals surface area (Å²) >= 11 is 0. The van der Waals surface area contributed by atoms with Gasteiger partial charge < -0.3 is 4.74 Å². The van der Waals surface area contributed by atoms with E-state index < -0.39 is 5.82 Å². The maximum Gasteiger partial charge on any atom is 0.250 e. The van der Waals surface area contributed by atoms with Gasteiger partial charge in [-0.2, -0.15) is 0 Å². The summed E-state index contributed by atoms with van der Waals surface area (Å²) in [6, 6.07) is 1.51. The van der Waals surface area contributed by atoms with Gasteiger partial charge in [-0.15, -0.1) is 0 Å². The fourth-order valence-electron chi connectivity index (χ4n) is 2.31. The van der Waals surface area contributed by atoms with Gasteiger partial charge in [0.2, 0.25) is 5.88 Å². The molecule has 2 heterocycles. The van der Waals surface area contributed by atoms with Crippen LogP contribution in [0.1, 0.15) is 12.0 Å². The Morgan fingerprint density at radius 3 is 2.89 bits per heavy atom. The van der Waals surface area contributed by atoms with Crippen molar-refractivity contribution in [2.45, 2.75) is 13.0 Å². The minimum absolute atomic E-state index is 0.0565. The first-order valence-corrected chi connectivity index (χ1v) is 6.56. The number of nitrogens with one attached hydrogen (secondary N) is 1. The molecule has 0 aliphatic carbocycles. The fraction of sp³-hybridized carbons (Fsp3) is 0.615. The van der Waals surface area contributed by atoms with Gasteiger partial charge in [-0.3, -0.25) is 10.3 Å². The second kappa shape index (κ2) is 6.79. The maximum atomic E-state index is 13.6. The summed E-state index contributed by atoms with van der Waals surface area (Å²) in [6.07, 6.45) is 2.79. The molecule has 0 bridgehead atoms. The Morgan fingerprint density at radius 1 is 1.37 bits per heavy atom. The second-order valence-electron chi connectivity index (χ2n) is 4.68. The summed E-state index contributed by atoms with van der Waals surface area (Å²) < 4.78 is 18.4. The number of hydrogen-bond donors (Lipinski definition) is 1. The molecule has 1 fully saturated rings. The summed E-state index contributed by atoms with van der Waals surface area (Å²) in [6.45, 7) is 4.73. The fourth-order valence-corrected chi connectivity index (χ4v) is 2.31. The largest absolute Gasteiger partial charge is 0.479 e. The van der Waals surface area contributed by atoms with Crippen LogP contribution in [0.5, 0.6) is 5.88 Å². The summed E-state index contributed by atoms with van der Waals surface area (Å²) in [5, 5.41) is 2.20. The van der Waals surface area contributed by atoms with Crippen LogP contribution in [-0.4, -0.2) is 55.2 Å². The van der Waals surface area contributed by atoms with Gasteiger partial charge in [0.25, 0.3) is 0 Å². The van der Waals surface area contributed by atoms with Crippen molar-refractivity contribution in [3.8, 4) is 5.88 Å². The summed E-state index contributed by atoms with van der Waals surface area (Å²) in [5.41, 5.74) is 4.06. The molecule has 1 aliphatic heterocycles. The first-order chi connectivity index (χ1) is 9.22. The smallest absolute Gasteiger partial charge is 0.250 e. The van der Waals surface area contributed by atoms with Gasteiger partial charge in [-0.25, -0.2) is 14.4 Å². The molecule has 1 saturated heterocycles. The van der Waals surface area contributed by atoms with E-state index in [-0.39, 0.29) is 5.88 Å². The van der Waals surface area contributed by atoms with Gasteiger partial charge in [-0.05, 0) is 31.6 Å². The molecule has 0 amide bonds. The van der Waals surface area contributed by atoms with Crippen LogP contribution in [0.4, 0.5) is 4.39 Å². The second-order valence-corrected chi connectivity index (χ2v) is 4.68. The molecule has 0 saturated carbocycles. The van der Waals surface area contributed by atoms with Crippen LogP contribution in [0, 0.1) is 5.82 Å². The highest BCUT2D eigenvalue weighted by molar-refractivity contribution is 5.20. The average molecular weight is 268 g/mol. The third-order valence-corrected chi connectivity index (χ3v) is 3.37. The standard InChI is InChI=1S/C13H21FN4O/c1-15-18-5-3-4-17(6-7-18)10-11-8-12(14)13(19-2)16-9-11/h8-9,15H,3-7,10H2,1-2H3. The number of nitrogens with zero attached hydrogens (tertiary/aromatic N) is 3. The van der Waals surface area contributed by atoms with Gasteiger partial charge in [0.1, 0.15) is 0 Å². The lowest BCUT2D eigenvalue weighted by molar-refractivity contribution is 0.206. The average Bonchev–Trinajstić information content (AvgIpc) is 2.64. The predicted molar refractivity (Wildman–Crippen MR) is 71.3 cm³/mol. The molecular weight excluding hydrogens is 247 g/mol. The number of hydrogen-bond acceptors (Lipinski definition) is 5. The quantitative estimate of drug-likeness (QED) is 0.877. The van der Waals surface area contributed by atoms with E-state index in [2.05, 4.69) is 20.3 Å². The monoisotopic (exact) mass is 268 g/mol.